The Hall–Kier alpha value is -2.92. The molecule has 0 unspecified atom stereocenters. The SMILES string of the molecule is COc1ccccc1N/C(N)=N/c1nc(CSc2nnc(C)s2)cc(=O)[nH]1. The molecule has 140 valence electrons. The van der Waals surface area contributed by atoms with E-state index >= 15 is 0 Å². The van der Waals surface area contributed by atoms with Crippen molar-refractivity contribution in [2.45, 2.75) is 17.0 Å². The number of para-hydroxylation sites is 2. The van der Waals surface area contributed by atoms with Crippen LogP contribution >= 0.6 is 23.1 Å². The van der Waals surface area contributed by atoms with Crippen molar-refractivity contribution in [3.63, 3.8) is 0 Å². The van der Waals surface area contributed by atoms with Crippen molar-refractivity contribution in [3.05, 3.63) is 51.4 Å². The molecule has 0 saturated heterocycles. The summed E-state index contributed by atoms with van der Waals surface area (Å²) >= 11 is 2.94. The summed E-state index contributed by atoms with van der Waals surface area (Å²) in [6.45, 7) is 1.89. The lowest BCUT2D eigenvalue weighted by Gasteiger charge is -2.09. The van der Waals surface area contributed by atoms with Crippen LogP contribution in [-0.2, 0) is 5.75 Å². The predicted octanol–water partition coefficient (Wildman–Crippen LogP) is 2.29. The van der Waals surface area contributed by atoms with Gasteiger partial charge in [0, 0.05) is 11.8 Å². The van der Waals surface area contributed by atoms with E-state index in [0.717, 1.165) is 9.35 Å². The second kappa shape index (κ2) is 8.64. The number of nitrogens with zero attached hydrogens (tertiary/aromatic N) is 4. The van der Waals surface area contributed by atoms with Crippen molar-refractivity contribution < 1.29 is 4.74 Å². The first-order chi connectivity index (χ1) is 13.0. The van der Waals surface area contributed by atoms with Crippen LogP contribution in [0.5, 0.6) is 5.75 Å². The maximum atomic E-state index is 11.9. The monoisotopic (exact) mass is 403 g/mol. The minimum Gasteiger partial charge on any atom is -0.495 e. The first-order valence-electron chi connectivity index (χ1n) is 7.81. The summed E-state index contributed by atoms with van der Waals surface area (Å²) in [7, 11) is 1.56. The van der Waals surface area contributed by atoms with Crippen LogP contribution in [0.2, 0.25) is 0 Å². The number of benzene rings is 1. The summed E-state index contributed by atoms with van der Waals surface area (Å²) in [6.07, 6.45) is 0. The van der Waals surface area contributed by atoms with Crippen LogP contribution in [0.3, 0.4) is 0 Å². The lowest BCUT2D eigenvalue weighted by atomic mass is 10.3. The molecule has 1 aromatic carbocycles. The Balaban J connectivity index is 1.74. The fourth-order valence-electron chi connectivity index (χ4n) is 2.12. The van der Waals surface area contributed by atoms with E-state index in [9.17, 15) is 4.79 Å². The van der Waals surface area contributed by atoms with Gasteiger partial charge < -0.3 is 15.8 Å². The molecule has 3 rings (SSSR count). The van der Waals surface area contributed by atoms with E-state index in [4.69, 9.17) is 10.5 Å². The van der Waals surface area contributed by atoms with Crippen molar-refractivity contribution in [2.24, 2.45) is 10.7 Å². The molecule has 4 N–H and O–H groups in total. The van der Waals surface area contributed by atoms with Gasteiger partial charge in [-0.15, -0.1) is 10.2 Å². The molecule has 0 aliphatic carbocycles. The number of thioether (sulfide) groups is 1. The highest BCUT2D eigenvalue weighted by Gasteiger charge is 2.07. The first-order valence-corrected chi connectivity index (χ1v) is 9.61. The summed E-state index contributed by atoms with van der Waals surface area (Å²) in [5, 5.41) is 11.8. The lowest BCUT2D eigenvalue weighted by molar-refractivity contribution is 0.417. The van der Waals surface area contributed by atoms with Crippen molar-refractivity contribution in [3.8, 4) is 5.75 Å². The third-order valence-electron chi connectivity index (χ3n) is 3.23. The minimum absolute atomic E-state index is 0.0761. The molecule has 0 saturated carbocycles. The molecule has 0 bridgehead atoms. The molecule has 2 aromatic heterocycles. The molecule has 9 nitrogen and oxygen atoms in total. The average molecular weight is 403 g/mol. The van der Waals surface area contributed by atoms with Crippen LogP contribution in [0.25, 0.3) is 0 Å². The van der Waals surface area contributed by atoms with Crippen molar-refractivity contribution in [1.82, 2.24) is 20.2 Å². The molecule has 0 spiro atoms. The highest BCUT2D eigenvalue weighted by molar-refractivity contribution is 8.00. The Morgan fingerprint density at radius 3 is 2.96 bits per heavy atom. The molecule has 0 amide bonds. The number of hydrogen-bond acceptors (Lipinski definition) is 8. The molecule has 27 heavy (non-hydrogen) atoms. The number of rotatable bonds is 6. The standard InChI is InChI=1S/C16H17N7O2S2/c1-9-22-23-16(27-9)26-8-10-7-13(24)20-15(18-10)21-14(17)19-11-5-3-4-6-12(11)25-2/h3-7H,8H2,1-2H3,(H4,17,18,19,20,21,24). The zero-order valence-corrected chi connectivity index (χ0v) is 16.2. The Labute approximate surface area is 163 Å². The van der Waals surface area contributed by atoms with Crippen LogP contribution in [0.1, 0.15) is 10.7 Å². The normalized spacial score (nSPS) is 11.4. The van der Waals surface area contributed by atoms with Crippen LogP contribution < -0.4 is 21.3 Å². The fourth-order valence-corrected chi connectivity index (χ4v) is 3.83. The molecule has 0 fully saturated rings. The number of nitrogens with two attached hydrogens (primary N) is 1. The van der Waals surface area contributed by atoms with Gasteiger partial charge in [0.15, 0.2) is 4.34 Å². The molecule has 11 heteroatoms. The Morgan fingerprint density at radius 1 is 1.41 bits per heavy atom. The number of aromatic amines is 1. The van der Waals surface area contributed by atoms with Gasteiger partial charge >= 0.3 is 0 Å². The number of ether oxygens (including phenoxy) is 1. The highest BCUT2D eigenvalue weighted by atomic mass is 32.2. The summed E-state index contributed by atoms with van der Waals surface area (Å²) in [6, 6.07) is 8.70. The largest absolute Gasteiger partial charge is 0.495 e. The van der Waals surface area contributed by atoms with Crippen molar-refractivity contribution in [1.29, 1.82) is 0 Å². The molecular weight excluding hydrogens is 386 g/mol. The number of anilines is 1. The molecule has 0 aliphatic rings. The number of H-pyrrole nitrogens is 1. The van der Waals surface area contributed by atoms with Crippen molar-refractivity contribution in [2.75, 3.05) is 12.4 Å². The zero-order chi connectivity index (χ0) is 19.2. The van der Waals surface area contributed by atoms with Gasteiger partial charge in [0.05, 0.1) is 18.5 Å². The number of guanidine groups is 1. The molecule has 3 aromatic rings. The van der Waals surface area contributed by atoms with Gasteiger partial charge in [-0.3, -0.25) is 9.78 Å². The average Bonchev–Trinajstić information content (AvgIpc) is 3.05. The van der Waals surface area contributed by atoms with Gasteiger partial charge in [-0.1, -0.05) is 35.2 Å². The topological polar surface area (TPSA) is 131 Å². The van der Waals surface area contributed by atoms with Gasteiger partial charge in [-0.2, -0.15) is 4.99 Å². The Kier molecular flexibility index (Phi) is 6.04. The number of aryl methyl sites for hydroxylation is 1. The van der Waals surface area contributed by atoms with E-state index in [2.05, 4.69) is 30.5 Å². The number of methoxy groups -OCH3 is 1. The summed E-state index contributed by atoms with van der Waals surface area (Å²) in [4.78, 5) is 22.9. The van der Waals surface area contributed by atoms with Crippen LogP contribution in [0.4, 0.5) is 11.6 Å². The van der Waals surface area contributed by atoms with E-state index in [1.54, 1.807) is 19.2 Å². The van der Waals surface area contributed by atoms with Crippen LogP contribution in [-0.4, -0.2) is 33.2 Å². The summed E-state index contributed by atoms with van der Waals surface area (Å²) in [5.41, 5.74) is 6.85. The summed E-state index contributed by atoms with van der Waals surface area (Å²) in [5.74, 6) is 1.29. The second-order valence-electron chi connectivity index (χ2n) is 5.26. The maximum absolute atomic E-state index is 11.9. The maximum Gasteiger partial charge on any atom is 0.252 e. The zero-order valence-electron chi connectivity index (χ0n) is 14.6. The number of nitrogens with one attached hydrogen (secondary N) is 2. The molecule has 2 heterocycles. The third-order valence-corrected chi connectivity index (χ3v) is 5.23. The Morgan fingerprint density at radius 2 is 2.22 bits per heavy atom. The lowest BCUT2D eigenvalue weighted by Crippen LogP contribution is -2.23. The quantitative estimate of drug-likeness (QED) is 0.324. The van der Waals surface area contributed by atoms with Gasteiger partial charge in [-0.25, -0.2) is 4.98 Å². The number of hydrogen-bond donors (Lipinski definition) is 3. The molecule has 0 radical (unpaired) electrons. The number of aliphatic imine (C=N–C) groups is 1. The van der Waals surface area contributed by atoms with Crippen LogP contribution in [0.15, 0.2) is 44.5 Å². The Bertz CT molecular complexity index is 1020. The molecule has 0 atom stereocenters. The van der Waals surface area contributed by atoms with E-state index in [1.807, 2.05) is 19.1 Å². The third kappa shape index (κ3) is 5.28. The highest BCUT2D eigenvalue weighted by Crippen LogP contribution is 2.25. The predicted molar refractivity (Wildman–Crippen MR) is 107 cm³/mol. The fraction of sp³-hybridized carbons (Fsp3) is 0.188. The molecular formula is C16H17N7O2S2. The smallest absolute Gasteiger partial charge is 0.252 e. The van der Waals surface area contributed by atoms with Gasteiger partial charge in [0.2, 0.25) is 11.9 Å². The second-order valence-corrected chi connectivity index (χ2v) is 7.66. The van der Waals surface area contributed by atoms with E-state index in [0.29, 0.717) is 22.9 Å². The van der Waals surface area contributed by atoms with Gasteiger partial charge in [0.1, 0.15) is 10.8 Å². The van der Waals surface area contributed by atoms with E-state index in [-0.39, 0.29) is 17.5 Å². The van der Waals surface area contributed by atoms with Crippen molar-refractivity contribution >= 4 is 40.7 Å². The minimum atomic E-state index is -0.308. The number of aromatic nitrogens is 4. The van der Waals surface area contributed by atoms with E-state index in [1.165, 1.54) is 29.2 Å². The van der Waals surface area contributed by atoms with E-state index < -0.39 is 0 Å². The van der Waals surface area contributed by atoms with Gasteiger partial charge in [0.25, 0.3) is 5.56 Å². The van der Waals surface area contributed by atoms with Gasteiger partial charge in [-0.05, 0) is 19.1 Å². The molecule has 0 aliphatic heterocycles. The summed E-state index contributed by atoms with van der Waals surface area (Å²) < 4.78 is 6.07. The first kappa shape index (κ1) is 18.9. The van der Waals surface area contributed by atoms with Crippen LogP contribution in [0, 0.1) is 6.92 Å².